The van der Waals surface area contributed by atoms with Gasteiger partial charge in [-0.2, -0.15) is 0 Å². The average molecular weight is 269 g/mol. The standard InChI is InChI=1S/C16H25ClO/c1-13(2)5-4-6-15(12-17)11-14-7-9-16(18-3)10-8-14/h7-10,13,15H,4-6,11-12H2,1-3H3. The molecule has 0 radical (unpaired) electrons. The van der Waals surface area contributed by atoms with E-state index in [1.165, 1.54) is 24.8 Å². The molecule has 0 N–H and O–H groups in total. The van der Waals surface area contributed by atoms with Crippen LogP contribution in [0.25, 0.3) is 0 Å². The Morgan fingerprint density at radius 1 is 1.11 bits per heavy atom. The molecule has 0 spiro atoms. The predicted octanol–water partition coefficient (Wildman–Crippen LogP) is 4.92. The second kappa shape index (κ2) is 8.42. The molecule has 0 aromatic heterocycles. The molecule has 0 saturated carbocycles. The summed E-state index contributed by atoms with van der Waals surface area (Å²) in [5.41, 5.74) is 1.35. The Labute approximate surface area is 116 Å². The minimum atomic E-state index is 0.596. The molecular formula is C16H25ClO. The number of ether oxygens (including phenoxy) is 1. The zero-order chi connectivity index (χ0) is 13.4. The van der Waals surface area contributed by atoms with Gasteiger partial charge in [-0.25, -0.2) is 0 Å². The van der Waals surface area contributed by atoms with Crippen molar-refractivity contribution < 1.29 is 4.74 Å². The van der Waals surface area contributed by atoms with E-state index in [9.17, 15) is 0 Å². The highest BCUT2D eigenvalue weighted by molar-refractivity contribution is 6.18. The summed E-state index contributed by atoms with van der Waals surface area (Å²) in [6.45, 7) is 4.55. The Morgan fingerprint density at radius 2 is 1.78 bits per heavy atom. The van der Waals surface area contributed by atoms with E-state index in [1.807, 2.05) is 12.1 Å². The molecule has 0 aliphatic rings. The van der Waals surface area contributed by atoms with E-state index in [4.69, 9.17) is 16.3 Å². The molecule has 1 aromatic carbocycles. The molecule has 1 nitrogen and oxygen atoms in total. The third-order valence-electron chi connectivity index (χ3n) is 3.30. The highest BCUT2D eigenvalue weighted by Crippen LogP contribution is 2.20. The summed E-state index contributed by atoms with van der Waals surface area (Å²) < 4.78 is 5.17. The number of rotatable bonds is 8. The number of methoxy groups -OCH3 is 1. The Balaban J connectivity index is 2.41. The van der Waals surface area contributed by atoms with Crippen molar-refractivity contribution in [3.05, 3.63) is 29.8 Å². The van der Waals surface area contributed by atoms with Crippen molar-refractivity contribution in [2.75, 3.05) is 13.0 Å². The molecule has 1 aromatic rings. The zero-order valence-electron chi connectivity index (χ0n) is 11.8. The SMILES string of the molecule is COc1ccc(CC(CCl)CCCC(C)C)cc1. The number of alkyl halides is 1. The van der Waals surface area contributed by atoms with Crippen LogP contribution >= 0.6 is 11.6 Å². The van der Waals surface area contributed by atoms with Gasteiger partial charge in [-0.1, -0.05) is 38.8 Å². The Morgan fingerprint density at radius 3 is 2.28 bits per heavy atom. The largest absolute Gasteiger partial charge is 0.497 e. The molecule has 18 heavy (non-hydrogen) atoms. The smallest absolute Gasteiger partial charge is 0.118 e. The summed E-state index contributed by atoms with van der Waals surface area (Å²) in [7, 11) is 1.70. The topological polar surface area (TPSA) is 9.23 Å². The fourth-order valence-corrected chi connectivity index (χ4v) is 2.41. The van der Waals surface area contributed by atoms with Gasteiger partial charge in [0.25, 0.3) is 0 Å². The van der Waals surface area contributed by atoms with Crippen LogP contribution in [0.1, 0.15) is 38.7 Å². The second-order valence-electron chi connectivity index (χ2n) is 5.40. The molecule has 0 saturated heterocycles. The molecule has 0 bridgehead atoms. The van der Waals surface area contributed by atoms with Crippen molar-refractivity contribution in [2.45, 2.75) is 39.5 Å². The van der Waals surface area contributed by atoms with Gasteiger partial charge in [0, 0.05) is 5.88 Å². The molecule has 0 fully saturated rings. The van der Waals surface area contributed by atoms with Crippen LogP contribution in [0.3, 0.4) is 0 Å². The first-order chi connectivity index (χ1) is 8.65. The van der Waals surface area contributed by atoms with Crippen LogP contribution in [0, 0.1) is 11.8 Å². The van der Waals surface area contributed by atoms with Crippen molar-refractivity contribution >= 4 is 11.6 Å². The maximum Gasteiger partial charge on any atom is 0.118 e. The van der Waals surface area contributed by atoms with Crippen LogP contribution in [-0.2, 0) is 6.42 Å². The molecule has 0 heterocycles. The molecule has 0 aliphatic heterocycles. The molecule has 0 amide bonds. The minimum absolute atomic E-state index is 0.596. The third-order valence-corrected chi connectivity index (χ3v) is 3.73. The van der Waals surface area contributed by atoms with Crippen LogP contribution < -0.4 is 4.74 Å². The van der Waals surface area contributed by atoms with Crippen molar-refractivity contribution in [1.29, 1.82) is 0 Å². The summed E-state index contributed by atoms with van der Waals surface area (Å²) in [6.07, 6.45) is 4.89. The van der Waals surface area contributed by atoms with Gasteiger partial charge in [-0.3, -0.25) is 0 Å². The maximum atomic E-state index is 6.07. The average Bonchev–Trinajstić information content (AvgIpc) is 2.38. The summed E-state index contributed by atoms with van der Waals surface area (Å²) in [6, 6.07) is 8.32. The van der Waals surface area contributed by atoms with Crippen molar-refractivity contribution in [3.63, 3.8) is 0 Å². The highest BCUT2D eigenvalue weighted by Gasteiger charge is 2.09. The number of hydrogen-bond acceptors (Lipinski definition) is 1. The van der Waals surface area contributed by atoms with Gasteiger partial charge in [-0.05, 0) is 42.4 Å². The first-order valence-corrected chi connectivity index (χ1v) is 7.38. The van der Waals surface area contributed by atoms with Crippen LogP contribution in [0.5, 0.6) is 5.75 Å². The lowest BCUT2D eigenvalue weighted by molar-refractivity contribution is 0.414. The summed E-state index contributed by atoms with van der Waals surface area (Å²) in [4.78, 5) is 0. The van der Waals surface area contributed by atoms with E-state index in [1.54, 1.807) is 7.11 Å². The first-order valence-electron chi connectivity index (χ1n) is 6.84. The molecule has 1 atom stereocenters. The summed E-state index contributed by atoms with van der Waals surface area (Å²) in [5.74, 6) is 3.06. The van der Waals surface area contributed by atoms with E-state index in [0.717, 1.165) is 24.0 Å². The molecule has 102 valence electrons. The third kappa shape index (κ3) is 5.77. The van der Waals surface area contributed by atoms with Gasteiger partial charge in [0.1, 0.15) is 5.75 Å². The predicted molar refractivity (Wildman–Crippen MR) is 79.6 cm³/mol. The van der Waals surface area contributed by atoms with Crippen LogP contribution in [0.15, 0.2) is 24.3 Å². The van der Waals surface area contributed by atoms with Crippen LogP contribution in [0.2, 0.25) is 0 Å². The van der Waals surface area contributed by atoms with Gasteiger partial charge in [0.2, 0.25) is 0 Å². The van der Waals surface area contributed by atoms with Gasteiger partial charge >= 0.3 is 0 Å². The summed E-state index contributed by atoms with van der Waals surface area (Å²) >= 11 is 6.07. The minimum Gasteiger partial charge on any atom is -0.497 e. The Bertz CT molecular complexity index is 318. The quantitative estimate of drug-likeness (QED) is 0.608. The molecule has 1 rings (SSSR count). The lowest BCUT2D eigenvalue weighted by atomic mass is 9.94. The van der Waals surface area contributed by atoms with E-state index < -0.39 is 0 Å². The molecule has 1 unspecified atom stereocenters. The molecular weight excluding hydrogens is 244 g/mol. The van der Waals surface area contributed by atoms with Crippen LogP contribution in [0.4, 0.5) is 0 Å². The Hall–Kier alpha value is -0.690. The lowest BCUT2D eigenvalue weighted by Gasteiger charge is -2.15. The van der Waals surface area contributed by atoms with Gasteiger partial charge in [0.15, 0.2) is 0 Å². The van der Waals surface area contributed by atoms with Crippen molar-refractivity contribution in [1.82, 2.24) is 0 Å². The maximum absolute atomic E-state index is 6.07. The molecule has 2 heteroatoms. The van der Waals surface area contributed by atoms with E-state index in [0.29, 0.717) is 5.92 Å². The van der Waals surface area contributed by atoms with Gasteiger partial charge in [-0.15, -0.1) is 11.6 Å². The highest BCUT2D eigenvalue weighted by atomic mass is 35.5. The fraction of sp³-hybridized carbons (Fsp3) is 0.625. The van der Waals surface area contributed by atoms with Crippen molar-refractivity contribution in [3.8, 4) is 5.75 Å². The van der Waals surface area contributed by atoms with Gasteiger partial charge in [0.05, 0.1) is 7.11 Å². The van der Waals surface area contributed by atoms with E-state index in [-0.39, 0.29) is 0 Å². The second-order valence-corrected chi connectivity index (χ2v) is 5.71. The fourth-order valence-electron chi connectivity index (χ4n) is 2.14. The lowest BCUT2D eigenvalue weighted by Crippen LogP contribution is -2.07. The van der Waals surface area contributed by atoms with Crippen LogP contribution in [-0.4, -0.2) is 13.0 Å². The summed E-state index contributed by atoms with van der Waals surface area (Å²) in [5, 5.41) is 0. The van der Waals surface area contributed by atoms with Gasteiger partial charge < -0.3 is 4.74 Å². The number of hydrogen-bond donors (Lipinski definition) is 0. The normalized spacial score (nSPS) is 12.7. The van der Waals surface area contributed by atoms with Crippen molar-refractivity contribution in [2.24, 2.45) is 11.8 Å². The number of benzene rings is 1. The van der Waals surface area contributed by atoms with E-state index in [2.05, 4.69) is 26.0 Å². The first kappa shape index (κ1) is 15.4. The Kier molecular flexibility index (Phi) is 7.19. The van der Waals surface area contributed by atoms with E-state index >= 15 is 0 Å². The monoisotopic (exact) mass is 268 g/mol. The number of halogens is 1. The zero-order valence-corrected chi connectivity index (χ0v) is 12.5. The molecule has 0 aliphatic carbocycles.